The summed E-state index contributed by atoms with van der Waals surface area (Å²) in [5.74, 6) is -0.247. The van der Waals surface area contributed by atoms with Crippen molar-refractivity contribution in [1.82, 2.24) is 10.2 Å². The van der Waals surface area contributed by atoms with E-state index >= 15 is 0 Å². The Morgan fingerprint density at radius 1 is 0.857 bits per heavy atom. The van der Waals surface area contributed by atoms with Crippen LogP contribution in [-0.2, 0) is 10.2 Å². The largest absolute Gasteiger partial charge is 0.354 e. The lowest BCUT2D eigenvalue weighted by Crippen LogP contribution is -2.48. The number of thioether (sulfide) groups is 1. The summed E-state index contributed by atoms with van der Waals surface area (Å²) in [6, 6.07) is 33.8. The van der Waals surface area contributed by atoms with E-state index in [1.165, 1.54) is 41.0 Å². The molecule has 2 amide bonds. The van der Waals surface area contributed by atoms with Crippen molar-refractivity contribution in [1.29, 1.82) is 0 Å². The van der Waals surface area contributed by atoms with Gasteiger partial charge in [-0.1, -0.05) is 106 Å². The quantitative estimate of drug-likeness (QED) is 0.232. The first kappa shape index (κ1) is 29.6. The van der Waals surface area contributed by atoms with E-state index in [-0.39, 0.29) is 28.5 Å². The van der Waals surface area contributed by atoms with Gasteiger partial charge in [0, 0.05) is 23.8 Å². The van der Waals surface area contributed by atoms with Crippen LogP contribution in [0, 0.1) is 5.82 Å². The number of halogens is 1. The molecule has 1 aliphatic heterocycles. The lowest BCUT2D eigenvalue weighted by molar-refractivity contribution is -0.124. The Kier molecular flexibility index (Phi) is 9.12. The summed E-state index contributed by atoms with van der Waals surface area (Å²) in [7, 11) is 0. The average Bonchev–Trinajstić information content (AvgIpc) is 3.45. The highest BCUT2D eigenvalue weighted by molar-refractivity contribution is 7.99. The first-order chi connectivity index (χ1) is 20.2. The molecule has 0 radical (unpaired) electrons. The second-order valence-corrected chi connectivity index (χ2v) is 12.9. The van der Waals surface area contributed by atoms with Crippen LogP contribution in [0.1, 0.15) is 71.1 Å². The fourth-order valence-corrected chi connectivity index (χ4v) is 6.89. The van der Waals surface area contributed by atoms with Crippen LogP contribution in [-0.4, -0.2) is 35.1 Å². The van der Waals surface area contributed by atoms with E-state index in [0.29, 0.717) is 17.9 Å². The van der Waals surface area contributed by atoms with Gasteiger partial charge in [0.1, 0.15) is 17.2 Å². The van der Waals surface area contributed by atoms with Gasteiger partial charge in [0.05, 0.1) is 0 Å². The molecule has 0 saturated carbocycles. The molecule has 1 heterocycles. The van der Waals surface area contributed by atoms with Crippen molar-refractivity contribution >= 4 is 23.6 Å². The summed E-state index contributed by atoms with van der Waals surface area (Å²) in [6.45, 7) is 6.96. The molecule has 4 aromatic carbocycles. The molecule has 1 fully saturated rings. The Balaban J connectivity index is 1.35. The van der Waals surface area contributed by atoms with Crippen molar-refractivity contribution in [2.45, 2.75) is 49.9 Å². The highest BCUT2D eigenvalue weighted by atomic mass is 32.2. The number of hydrogen-bond acceptors (Lipinski definition) is 3. The van der Waals surface area contributed by atoms with Gasteiger partial charge in [0.25, 0.3) is 5.91 Å². The van der Waals surface area contributed by atoms with Crippen LogP contribution >= 0.6 is 11.8 Å². The molecule has 0 bridgehead atoms. The molecule has 2 atom stereocenters. The monoisotopic (exact) mass is 580 g/mol. The summed E-state index contributed by atoms with van der Waals surface area (Å²) in [5.41, 5.74) is 4.92. The van der Waals surface area contributed by atoms with Crippen molar-refractivity contribution in [2.75, 3.05) is 12.3 Å². The van der Waals surface area contributed by atoms with Gasteiger partial charge in [-0.2, -0.15) is 0 Å². The summed E-state index contributed by atoms with van der Waals surface area (Å²) in [6.07, 6.45) is 0.725. The predicted molar refractivity (Wildman–Crippen MR) is 169 cm³/mol. The molecule has 216 valence electrons. The number of rotatable bonds is 8. The molecule has 6 heteroatoms. The molecule has 4 nitrogen and oxygen atoms in total. The number of amides is 2. The average molecular weight is 581 g/mol. The number of nitrogens with zero attached hydrogens (tertiary/aromatic N) is 1. The van der Waals surface area contributed by atoms with E-state index in [1.807, 2.05) is 48.5 Å². The van der Waals surface area contributed by atoms with Crippen LogP contribution in [0.2, 0.25) is 0 Å². The molecule has 1 N–H and O–H groups in total. The van der Waals surface area contributed by atoms with Crippen LogP contribution in [0.15, 0.2) is 109 Å². The normalized spacial score (nSPS) is 16.9. The van der Waals surface area contributed by atoms with E-state index in [0.717, 1.165) is 12.0 Å². The van der Waals surface area contributed by atoms with Crippen LogP contribution in [0.25, 0.3) is 0 Å². The zero-order chi connectivity index (χ0) is 29.7. The number of nitrogens with one attached hydrogen (secondary N) is 1. The highest BCUT2D eigenvalue weighted by Gasteiger charge is 2.42. The lowest BCUT2D eigenvalue weighted by Gasteiger charge is -2.30. The third-order valence-corrected chi connectivity index (χ3v) is 9.15. The predicted octanol–water partition coefficient (Wildman–Crippen LogP) is 7.72. The number of hydrogen-bond donors (Lipinski definition) is 1. The lowest BCUT2D eigenvalue weighted by atomic mass is 9.86. The minimum Gasteiger partial charge on any atom is -0.354 e. The van der Waals surface area contributed by atoms with Gasteiger partial charge >= 0.3 is 0 Å². The van der Waals surface area contributed by atoms with Gasteiger partial charge in [-0.3, -0.25) is 9.59 Å². The van der Waals surface area contributed by atoms with Crippen molar-refractivity contribution in [3.8, 4) is 0 Å². The SMILES string of the molecule is CC(C)(C)c1ccc(C2SCC(C(=O)NCCC(c3ccccc3)c3ccccc3)N2C(=O)c2ccc(F)cc2)cc1. The second-order valence-electron chi connectivity index (χ2n) is 11.7. The molecule has 0 aromatic heterocycles. The van der Waals surface area contributed by atoms with Gasteiger partial charge in [0.2, 0.25) is 5.91 Å². The highest BCUT2D eigenvalue weighted by Crippen LogP contribution is 2.43. The first-order valence-electron chi connectivity index (χ1n) is 14.4. The van der Waals surface area contributed by atoms with Crippen molar-refractivity contribution in [3.63, 3.8) is 0 Å². The second kappa shape index (κ2) is 13.0. The molecule has 5 rings (SSSR count). The first-order valence-corrected chi connectivity index (χ1v) is 15.4. The molecule has 0 aliphatic carbocycles. The molecule has 42 heavy (non-hydrogen) atoms. The van der Waals surface area contributed by atoms with Crippen LogP contribution in [0.4, 0.5) is 4.39 Å². The Bertz CT molecular complexity index is 1450. The van der Waals surface area contributed by atoms with E-state index in [1.54, 1.807) is 16.7 Å². The molecule has 0 spiro atoms. The maximum atomic E-state index is 13.8. The van der Waals surface area contributed by atoms with E-state index in [4.69, 9.17) is 0 Å². The zero-order valence-corrected chi connectivity index (χ0v) is 25.1. The zero-order valence-electron chi connectivity index (χ0n) is 24.3. The maximum absolute atomic E-state index is 13.8. The number of benzene rings is 4. The van der Waals surface area contributed by atoms with Gasteiger partial charge in [-0.15, -0.1) is 11.8 Å². The minimum atomic E-state index is -0.647. The van der Waals surface area contributed by atoms with Crippen molar-refractivity contribution in [2.24, 2.45) is 0 Å². The van der Waals surface area contributed by atoms with Gasteiger partial charge in [-0.25, -0.2) is 4.39 Å². The number of carbonyl (C=O) groups excluding carboxylic acids is 2. The third kappa shape index (κ3) is 6.76. The van der Waals surface area contributed by atoms with Crippen LogP contribution in [0.5, 0.6) is 0 Å². The Morgan fingerprint density at radius 3 is 1.98 bits per heavy atom. The summed E-state index contributed by atoms with van der Waals surface area (Å²) in [5, 5.41) is 2.81. The molecular formula is C36H37FN2O2S. The van der Waals surface area contributed by atoms with Crippen LogP contribution in [0.3, 0.4) is 0 Å². The Labute approximate surface area is 252 Å². The third-order valence-electron chi connectivity index (χ3n) is 7.83. The maximum Gasteiger partial charge on any atom is 0.255 e. The molecular weight excluding hydrogens is 543 g/mol. The van der Waals surface area contributed by atoms with Crippen LogP contribution < -0.4 is 5.32 Å². The Hall–Kier alpha value is -3.90. The fraction of sp³-hybridized carbons (Fsp3) is 0.278. The molecule has 1 aliphatic rings. The topological polar surface area (TPSA) is 49.4 Å². The summed E-state index contributed by atoms with van der Waals surface area (Å²) < 4.78 is 13.7. The molecule has 4 aromatic rings. The summed E-state index contributed by atoms with van der Waals surface area (Å²) >= 11 is 1.58. The number of carbonyl (C=O) groups is 2. The van der Waals surface area contributed by atoms with Gasteiger partial charge < -0.3 is 10.2 Å². The van der Waals surface area contributed by atoms with Gasteiger partial charge in [0.15, 0.2) is 0 Å². The van der Waals surface area contributed by atoms with Gasteiger partial charge in [-0.05, 0) is 58.4 Å². The van der Waals surface area contributed by atoms with Crippen molar-refractivity contribution < 1.29 is 14.0 Å². The van der Waals surface area contributed by atoms with E-state index < -0.39 is 11.9 Å². The standard InChI is InChI=1S/C36H37FN2O2S/c1-36(2,3)29-18-14-28(15-19-29)35-39(34(41)27-16-20-30(37)21-17-27)32(24-42-35)33(40)38-23-22-31(25-10-6-4-7-11-25)26-12-8-5-9-13-26/h4-21,31-32,35H,22-24H2,1-3H3,(H,38,40). The summed E-state index contributed by atoms with van der Waals surface area (Å²) in [4.78, 5) is 29.2. The molecule has 1 saturated heterocycles. The Morgan fingerprint density at radius 2 is 1.43 bits per heavy atom. The fourth-order valence-electron chi connectivity index (χ4n) is 5.46. The van der Waals surface area contributed by atoms with E-state index in [9.17, 15) is 14.0 Å². The van der Waals surface area contributed by atoms with Crippen molar-refractivity contribution in [3.05, 3.63) is 143 Å². The molecule has 2 unspecified atom stereocenters. The minimum absolute atomic E-state index is 0.00471. The van der Waals surface area contributed by atoms with E-state index in [2.05, 4.69) is 62.5 Å². The smallest absolute Gasteiger partial charge is 0.255 e.